The second kappa shape index (κ2) is 7.69. The Morgan fingerprint density at radius 3 is 2.48 bits per heavy atom. The van der Waals surface area contributed by atoms with Gasteiger partial charge in [-0.3, -0.25) is 9.69 Å². The molecule has 1 aliphatic rings. The number of nitrogens with one attached hydrogen (secondary N) is 1. The van der Waals surface area contributed by atoms with E-state index in [0.717, 1.165) is 23.1 Å². The Kier molecular flexibility index (Phi) is 5.63. The minimum Gasteiger partial charge on any atom is -0.452 e. The number of carbonyl (C=O) groups excluding carboxylic acids is 3. The van der Waals surface area contributed by atoms with Crippen LogP contribution < -0.4 is 10.1 Å². The molecule has 0 radical (unpaired) electrons. The molecule has 1 heterocycles. The molecule has 2 rings (SSSR count). The van der Waals surface area contributed by atoms with Crippen molar-refractivity contribution in [3.05, 3.63) is 35.9 Å². The van der Waals surface area contributed by atoms with Crippen LogP contribution in [0, 0.1) is 0 Å². The third-order valence-corrected chi connectivity index (χ3v) is 3.02. The van der Waals surface area contributed by atoms with E-state index in [1.807, 2.05) is 0 Å². The van der Waals surface area contributed by atoms with Gasteiger partial charge in [-0.25, -0.2) is 9.59 Å². The zero-order chi connectivity index (χ0) is 18.4. The highest BCUT2D eigenvalue weighted by atomic mass is 19.4. The van der Waals surface area contributed by atoms with Crippen LogP contribution in [0.15, 0.2) is 30.3 Å². The minimum absolute atomic E-state index is 0.206. The number of ether oxygens (including phenoxy) is 2. The van der Waals surface area contributed by atoms with Crippen molar-refractivity contribution >= 4 is 24.0 Å². The van der Waals surface area contributed by atoms with Crippen LogP contribution in [0.1, 0.15) is 5.56 Å². The van der Waals surface area contributed by atoms with Crippen LogP contribution in [-0.2, 0) is 14.3 Å². The number of imide groups is 1. The summed E-state index contributed by atoms with van der Waals surface area (Å²) in [5.41, 5.74) is 0.428. The van der Waals surface area contributed by atoms with E-state index < -0.39 is 30.9 Å². The lowest BCUT2D eigenvalue weighted by molar-refractivity contribution is -0.274. The molecule has 1 saturated heterocycles. The molecule has 1 aromatic carbocycles. The van der Waals surface area contributed by atoms with Gasteiger partial charge in [0.1, 0.15) is 5.75 Å². The molecule has 25 heavy (non-hydrogen) atoms. The summed E-state index contributed by atoms with van der Waals surface area (Å²) in [7, 11) is 0. The number of urea groups is 1. The number of carbonyl (C=O) groups is 3. The van der Waals surface area contributed by atoms with Gasteiger partial charge in [0.15, 0.2) is 6.61 Å². The van der Waals surface area contributed by atoms with Gasteiger partial charge in [0, 0.05) is 19.2 Å². The van der Waals surface area contributed by atoms with Crippen molar-refractivity contribution in [1.82, 2.24) is 10.2 Å². The number of nitrogens with zero attached hydrogens (tertiary/aromatic N) is 1. The van der Waals surface area contributed by atoms with Crippen molar-refractivity contribution in [2.45, 2.75) is 6.36 Å². The first-order valence-electron chi connectivity index (χ1n) is 7.03. The van der Waals surface area contributed by atoms with Crippen molar-refractivity contribution in [3.63, 3.8) is 0 Å². The number of benzene rings is 1. The van der Waals surface area contributed by atoms with E-state index in [1.54, 1.807) is 0 Å². The molecule has 1 aliphatic heterocycles. The summed E-state index contributed by atoms with van der Waals surface area (Å²) < 4.78 is 44.5. The second-order valence-electron chi connectivity index (χ2n) is 4.84. The Labute approximate surface area is 140 Å². The SMILES string of the molecule is O=C(/C=C/c1ccc(OC(F)(F)F)cc1)OCC(=O)N1CCNC1=O. The smallest absolute Gasteiger partial charge is 0.452 e. The lowest BCUT2D eigenvalue weighted by Gasteiger charge is -2.11. The van der Waals surface area contributed by atoms with Crippen LogP contribution in [0.3, 0.4) is 0 Å². The molecule has 1 aromatic rings. The third kappa shape index (κ3) is 5.83. The van der Waals surface area contributed by atoms with Crippen LogP contribution in [0.2, 0.25) is 0 Å². The van der Waals surface area contributed by atoms with Gasteiger partial charge in [0.05, 0.1) is 0 Å². The number of hydrogen-bond donors (Lipinski definition) is 1. The number of amides is 3. The van der Waals surface area contributed by atoms with Gasteiger partial charge >= 0.3 is 18.4 Å². The third-order valence-electron chi connectivity index (χ3n) is 3.02. The summed E-state index contributed by atoms with van der Waals surface area (Å²) in [5.74, 6) is -1.87. The molecular weight excluding hydrogens is 345 g/mol. The second-order valence-corrected chi connectivity index (χ2v) is 4.84. The first-order valence-corrected chi connectivity index (χ1v) is 7.03. The van der Waals surface area contributed by atoms with E-state index in [1.165, 1.54) is 18.2 Å². The van der Waals surface area contributed by atoms with Crippen molar-refractivity contribution in [1.29, 1.82) is 0 Å². The van der Waals surface area contributed by atoms with Crippen molar-refractivity contribution in [3.8, 4) is 5.75 Å². The first kappa shape index (κ1) is 18.3. The number of halogens is 3. The molecule has 0 aliphatic carbocycles. The van der Waals surface area contributed by atoms with Gasteiger partial charge in [-0.15, -0.1) is 13.2 Å². The molecule has 134 valence electrons. The van der Waals surface area contributed by atoms with Crippen molar-refractivity contribution < 1.29 is 37.0 Å². The maximum Gasteiger partial charge on any atom is 0.573 e. The molecule has 1 fully saturated rings. The summed E-state index contributed by atoms with van der Waals surface area (Å²) in [6.07, 6.45) is -2.47. The lowest BCUT2D eigenvalue weighted by Crippen LogP contribution is -2.37. The quantitative estimate of drug-likeness (QED) is 0.640. The Hall–Kier alpha value is -3.04. The van der Waals surface area contributed by atoms with Gasteiger partial charge in [-0.05, 0) is 23.8 Å². The van der Waals surface area contributed by atoms with E-state index in [-0.39, 0.29) is 12.3 Å². The molecular formula is C15H13F3N2O5. The minimum atomic E-state index is -4.78. The standard InChI is InChI=1S/C15H13F3N2O5/c16-15(17,18)25-11-4-1-10(2-5-11)3-6-13(22)24-9-12(21)20-8-7-19-14(20)23/h1-6H,7-9H2,(H,19,23)/b6-3+. The van der Waals surface area contributed by atoms with Crippen LogP contribution in [0.5, 0.6) is 5.75 Å². The summed E-state index contributed by atoms with van der Waals surface area (Å²) >= 11 is 0. The number of esters is 1. The monoisotopic (exact) mass is 358 g/mol. The first-order chi connectivity index (χ1) is 11.7. The van der Waals surface area contributed by atoms with Gasteiger partial charge in [-0.2, -0.15) is 0 Å². The molecule has 3 amide bonds. The Morgan fingerprint density at radius 2 is 1.92 bits per heavy atom. The fourth-order valence-corrected chi connectivity index (χ4v) is 1.91. The van der Waals surface area contributed by atoms with Gasteiger partial charge in [0.25, 0.3) is 5.91 Å². The van der Waals surface area contributed by atoms with E-state index in [4.69, 9.17) is 4.74 Å². The molecule has 0 atom stereocenters. The summed E-state index contributed by atoms with van der Waals surface area (Å²) in [6, 6.07) is 4.26. The lowest BCUT2D eigenvalue weighted by atomic mass is 10.2. The van der Waals surface area contributed by atoms with Crippen LogP contribution in [0.4, 0.5) is 18.0 Å². The van der Waals surface area contributed by atoms with E-state index in [2.05, 4.69) is 10.1 Å². The van der Waals surface area contributed by atoms with Gasteiger partial charge < -0.3 is 14.8 Å². The average molecular weight is 358 g/mol. The van der Waals surface area contributed by atoms with Crippen LogP contribution >= 0.6 is 0 Å². The highest BCUT2D eigenvalue weighted by Crippen LogP contribution is 2.22. The molecule has 0 saturated carbocycles. The van der Waals surface area contributed by atoms with Crippen molar-refractivity contribution in [2.75, 3.05) is 19.7 Å². The van der Waals surface area contributed by atoms with Crippen LogP contribution in [-0.4, -0.2) is 48.9 Å². The summed E-state index contributed by atoms with van der Waals surface area (Å²) in [6.45, 7) is -0.0428. The fourth-order valence-electron chi connectivity index (χ4n) is 1.91. The van der Waals surface area contributed by atoms with E-state index >= 15 is 0 Å². The summed E-state index contributed by atoms with van der Waals surface area (Å²) in [5, 5.41) is 2.43. The Morgan fingerprint density at radius 1 is 1.24 bits per heavy atom. The van der Waals surface area contributed by atoms with Gasteiger partial charge in [-0.1, -0.05) is 12.1 Å². The summed E-state index contributed by atoms with van der Waals surface area (Å²) in [4.78, 5) is 35.3. The fraction of sp³-hybridized carbons (Fsp3) is 0.267. The zero-order valence-electron chi connectivity index (χ0n) is 12.7. The molecule has 1 N–H and O–H groups in total. The largest absolute Gasteiger partial charge is 0.573 e. The van der Waals surface area contributed by atoms with Crippen molar-refractivity contribution in [2.24, 2.45) is 0 Å². The molecule has 0 bridgehead atoms. The highest BCUT2D eigenvalue weighted by Gasteiger charge is 2.31. The average Bonchev–Trinajstić information content (AvgIpc) is 2.96. The topological polar surface area (TPSA) is 84.9 Å². The van der Waals surface area contributed by atoms with E-state index in [0.29, 0.717) is 12.1 Å². The van der Waals surface area contributed by atoms with Crippen LogP contribution in [0.25, 0.3) is 6.08 Å². The Bertz CT molecular complexity index is 685. The predicted octanol–water partition coefficient (Wildman–Crippen LogP) is 1.69. The predicted molar refractivity (Wildman–Crippen MR) is 78.2 cm³/mol. The maximum atomic E-state index is 12.0. The molecule has 10 heteroatoms. The molecule has 7 nitrogen and oxygen atoms in total. The number of alkyl halides is 3. The highest BCUT2D eigenvalue weighted by molar-refractivity contribution is 5.97. The normalized spacial score (nSPS) is 14.5. The Balaban J connectivity index is 1.81. The number of rotatable bonds is 5. The zero-order valence-corrected chi connectivity index (χ0v) is 12.7. The maximum absolute atomic E-state index is 12.0. The van der Waals surface area contributed by atoms with E-state index in [9.17, 15) is 27.6 Å². The molecule has 0 spiro atoms. The molecule has 0 aromatic heterocycles. The number of hydrogen-bond acceptors (Lipinski definition) is 5. The van der Waals surface area contributed by atoms with Gasteiger partial charge in [0.2, 0.25) is 0 Å². The molecule has 0 unspecified atom stereocenters.